The molecule has 0 aromatic heterocycles. The SMILES string of the molecule is C[C@@H]1C[C@@H](C)CN(C(=O)[C@H](C)S(=O)(=O)CCO)C1. The van der Waals surface area contributed by atoms with Crippen LogP contribution in [0.25, 0.3) is 0 Å². The maximum Gasteiger partial charge on any atom is 0.240 e. The van der Waals surface area contributed by atoms with E-state index >= 15 is 0 Å². The van der Waals surface area contributed by atoms with Crippen molar-refractivity contribution < 1.29 is 18.3 Å². The van der Waals surface area contributed by atoms with Gasteiger partial charge < -0.3 is 10.0 Å². The summed E-state index contributed by atoms with van der Waals surface area (Å²) in [5.41, 5.74) is 0. The van der Waals surface area contributed by atoms with E-state index in [0.29, 0.717) is 24.9 Å². The van der Waals surface area contributed by atoms with Gasteiger partial charge in [0.1, 0.15) is 5.25 Å². The van der Waals surface area contributed by atoms with Crippen molar-refractivity contribution in [3.63, 3.8) is 0 Å². The number of aliphatic hydroxyl groups is 1. The molecule has 0 aromatic rings. The second-order valence-electron chi connectivity index (χ2n) is 5.42. The predicted molar refractivity (Wildman–Crippen MR) is 69.9 cm³/mol. The molecule has 1 aliphatic rings. The fourth-order valence-corrected chi connectivity index (χ4v) is 3.62. The van der Waals surface area contributed by atoms with Crippen LogP contribution >= 0.6 is 0 Å². The summed E-state index contributed by atoms with van der Waals surface area (Å²) in [7, 11) is -3.54. The summed E-state index contributed by atoms with van der Waals surface area (Å²) in [5.74, 6) is 0.136. The average molecular weight is 277 g/mol. The molecule has 0 radical (unpaired) electrons. The molecule has 1 N–H and O–H groups in total. The number of hydrogen-bond donors (Lipinski definition) is 1. The highest BCUT2D eigenvalue weighted by Gasteiger charge is 2.34. The van der Waals surface area contributed by atoms with Crippen LogP contribution in [0.15, 0.2) is 0 Å². The zero-order valence-corrected chi connectivity index (χ0v) is 12.1. The van der Waals surface area contributed by atoms with E-state index in [0.717, 1.165) is 6.42 Å². The number of amides is 1. The molecule has 0 spiro atoms. The van der Waals surface area contributed by atoms with Crippen LogP contribution in [0.3, 0.4) is 0 Å². The van der Waals surface area contributed by atoms with Crippen molar-refractivity contribution in [1.82, 2.24) is 4.90 Å². The van der Waals surface area contributed by atoms with Gasteiger partial charge in [-0.25, -0.2) is 8.42 Å². The highest BCUT2D eigenvalue weighted by atomic mass is 32.2. The third-order valence-electron chi connectivity index (χ3n) is 3.44. The Balaban J connectivity index is 2.75. The molecule has 1 aliphatic heterocycles. The summed E-state index contributed by atoms with van der Waals surface area (Å²) in [6.45, 7) is 6.38. The molecule has 0 aromatic carbocycles. The first-order valence-corrected chi connectivity index (χ1v) is 8.10. The molecule has 1 rings (SSSR count). The van der Waals surface area contributed by atoms with Gasteiger partial charge in [0.05, 0.1) is 12.4 Å². The monoisotopic (exact) mass is 277 g/mol. The summed E-state index contributed by atoms with van der Waals surface area (Å²) >= 11 is 0. The summed E-state index contributed by atoms with van der Waals surface area (Å²) in [5, 5.41) is 7.67. The Morgan fingerprint density at radius 1 is 1.33 bits per heavy atom. The molecule has 106 valence electrons. The molecule has 1 fully saturated rings. The first kappa shape index (κ1) is 15.4. The first-order valence-electron chi connectivity index (χ1n) is 6.39. The smallest absolute Gasteiger partial charge is 0.240 e. The van der Waals surface area contributed by atoms with Crippen LogP contribution in [0, 0.1) is 11.8 Å². The highest BCUT2D eigenvalue weighted by Crippen LogP contribution is 2.22. The third-order valence-corrected chi connectivity index (χ3v) is 5.47. The summed E-state index contributed by atoms with van der Waals surface area (Å²) in [4.78, 5) is 13.8. The molecule has 0 bridgehead atoms. The Bertz CT molecular complexity index is 383. The van der Waals surface area contributed by atoms with Gasteiger partial charge in [-0.3, -0.25) is 4.79 Å². The van der Waals surface area contributed by atoms with Gasteiger partial charge in [0.25, 0.3) is 0 Å². The van der Waals surface area contributed by atoms with E-state index in [1.54, 1.807) is 4.90 Å². The summed E-state index contributed by atoms with van der Waals surface area (Å²) in [6.07, 6.45) is 1.07. The third kappa shape index (κ3) is 3.68. The molecule has 6 heteroatoms. The lowest BCUT2D eigenvalue weighted by molar-refractivity contribution is -0.133. The molecule has 3 atom stereocenters. The van der Waals surface area contributed by atoms with Gasteiger partial charge in [0, 0.05) is 13.1 Å². The molecule has 0 aliphatic carbocycles. The van der Waals surface area contributed by atoms with Crippen molar-refractivity contribution in [2.45, 2.75) is 32.4 Å². The minimum Gasteiger partial charge on any atom is -0.395 e. The second kappa shape index (κ2) is 6.02. The molecule has 0 saturated carbocycles. The van der Waals surface area contributed by atoms with Crippen LogP contribution in [0.1, 0.15) is 27.2 Å². The van der Waals surface area contributed by atoms with E-state index in [1.165, 1.54) is 6.92 Å². The summed E-state index contributed by atoms with van der Waals surface area (Å²) in [6, 6.07) is 0. The van der Waals surface area contributed by atoms with Crippen LogP contribution < -0.4 is 0 Å². The molecule has 1 amide bonds. The molecule has 1 saturated heterocycles. The van der Waals surface area contributed by atoms with Crippen molar-refractivity contribution in [3.8, 4) is 0 Å². The van der Waals surface area contributed by atoms with Crippen LogP contribution in [-0.2, 0) is 14.6 Å². The maximum absolute atomic E-state index is 12.2. The van der Waals surface area contributed by atoms with Crippen LogP contribution in [0.4, 0.5) is 0 Å². The van der Waals surface area contributed by atoms with E-state index in [9.17, 15) is 13.2 Å². The minimum atomic E-state index is -3.54. The largest absolute Gasteiger partial charge is 0.395 e. The molecular formula is C12H23NO4S. The van der Waals surface area contributed by atoms with E-state index in [1.807, 2.05) is 0 Å². The Labute approximate surface area is 109 Å². The van der Waals surface area contributed by atoms with E-state index in [2.05, 4.69) is 13.8 Å². The van der Waals surface area contributed by atoms with E-state index in [4.69, 9.17) is 5.11 Å². The van der Waals surface area contributed by atoms with Crippen molar-refractivity contribution in [1.29, 1.82) is 0 Å². The molecule has 5 nitrogen and oxygen atoms in total. The van der Waals surface area contributed by atoms with Crippen molar-refractivity contribution in [3.05, 3.63) is 0 Å². The number of carbonyl (C=O) groups is 1. The van der Waals surface area contributed by atoms with Gasteiger partial charge >= 0.3 is 0 Å². The first-order chi connectivity index (χ1) is 8.27. The minimum absolute atomic E-state index is 0.332. The fourth-order valence-electron chi connectivity index (χ4n) is 2.56. The van der Waals surface area contributed by atoms with Gasteiger partial charge in [-0.05, 0) is 25.2 Å². The van der Waals surface area contributed by atoms with E-state index in [-0.39, 0.29) is 11.7 Å². The molecule has 18 heavy (non-hydrogen) atoms. The number of carbonyl (C=O) groups excluding carboxylic acids is 1. The van der Waals surface area contributed by atoms with Gasteiger partial charge in [-0.2, -0.15) is 0 Å². The lowest BCUT2D eigenvalue weighted by Crippen LogP contribution is -2.48. The second-order valence-corrected chi connectivity index (χ2v) is 7.86. The lowest BCUT2D eigenvalue weighted by Gasteiger charge is -2.36. The van der Waals surface area contributed by atoms with Gasteiger partial charge in [-0.1, -0.05) is 13.8 Å². The molecular weight excluding hydrogens is 254 g/mol. The van der Waals surface area contributed by atoms with Crippen LogP contribution in [0.2, 0.25) is 0 Å². The quantitative estimate of drug-likeness (QED) is 0.801. The van der Waals surface area contributed by atoms with Crippen LogP contribution in [-0.4, -0.2) is 55.0 Å². The number of likely N-dealkylation sites (tertiary alicyclic amines) is 1. The Kier molecular flexibility index (Phi) is 5.16. The standard InChI is InChI=1S/C12H23NO4S/c1-9-6-10(2)8-13(7-9)12(15)11(3)18(16,17)5-4-14/h9-11,14H,4-8H2,1-3H3/t9-,10-,11+/m1/s1. The zero-order valence-electron chi connectivity index (χ0n) is 11.3. The number of nitrogens with zero attached hydrogens (tertiary/aromatic N) is 1. The summed E-state index contributed by atoms with van der Waals surface area (Å²) < 4.78 is 23.5. The lowest BCUT2D eigenvalue weighted by atomic mass is 9.92. The highest BCUT2D eigenvalue weighted by molar-refractivity contribution is 7.92. The Morgan fingerprint density at radius 3 is 2.28 bits per heavy atom. The Hall–Kier alpha value is -0.620. The van der Waals surface area contributed by atoms with E-state index < -0.39 is 21.7 Å². The van der Waals surface area contributed by atoms with Gasteiger partial charge in [-0.15, -0.1) is 0 Å². The number of piperidine rings is 1. The molecule has 1 heterocycles. The van der Waals surface area contributed by atoms with Gasteiger partial charge in [0.15, 0.2) is 9.84 Å². The molecule has 0 unspecified atom stereocenters. The zero-order chi connectivity index (χ0) is 13.9. The normalized spacial score (nSPS) is 27.0. The Morgan fingerprint density at radius 2 is 1.83 bits per heavy atom. The topological polar surface area (TPSA) is 74.7 Å². The number of rotatable bonds is 4. The van der Waals surface area contributed by atoms with Crippen molar-refractivity contribution in [2.24, 2.45) is 11.8 Å². The predicted octanol–water partition coefficient (Wildman–Crippen LogP) is 0.287. The van der Waals surface area contributed by atoms with Crippen LogP contribution in [0.5, 0.6) is 0 Å². The number of hydrogen-bond acceptors (Lipinski definition) is 4. The maximum atomic E-state index is 12.2. The van der Waals surface area contributed by atoms with Crippen molar-refractivity contribution in [2.75, 3.05) is 25.4 Å². The van der Waals surface area contributed by atoms with Gasteiger partial charge in [0.2, 0.25) is 5.91 Å². The average Bonchev–Trinajstić information content (AvgIpc) is 2.25. The number of aliphatic hydroxyl groups excluding tert-OH is 1. The fraction of sp³-hybridized carbons (Fsp3) is 0.917. The number of sulfone groups is 1. The van der Waals surface area contributed by atoms with Crippen molar-refractivity contribution >= 4 is 15.7 Å².